The molecule has 0 aliphatic carbocycles. The van der Waals surface area contributed by atoms with Crippen molar-refractivity contribution >= 4 is 33.2 Å². The molecule has 2 aromatic carbocycles. The number of nitrogens with zero attached hydrogens (tertiary/aromatic N) is 2. The molecular formula is C23H29ClN2O6S. The predicted molar refractivity (Wildman–Crippen MR) is 127 cm³/mol. The topological polar surface area (TPSA) is 85.4 Å². The number of benzene rings is 2. The van der Waals surface area contributed by atoms with E-state index in [1.165, 1.54) is 45.6 Å². The average Bonchev–Trinajstić information content (AvgIpc) is 2.82. The normalized spacial score (nSPS) is 14.6. The lowest BCUT2D eigenvalue weighted by molar-refractivity contribution is -0.130. The molecule has 33 heavy (non-hydrogen) atoms. The number of amides is 1. The minimum Gasteiger partial charge on any atom is -0.495 e. The van der Waals surface area contributed by atoms with Gasteiger partial charge in [0.25, 0.3) is 10.0 Å². The second-order valence-electron chi connectivity index (χ2n) is 7.91. The van der Waals surface area contributed by atoms with Gasteiger partial charge in [-0.15, -0.1) is 0 Å². The van der Waals surface area contributed by atoms with Crippen molar-refractivity contribution in [1.29, 1.82) is 0 Å². The van der Waals surface area contributed by atoms with Crippen LogP contribution in [0.5, 0.6) is 17.2 Å². The molecular weight excluding hydrogens is 468 g/mol. The summed E-state index contributed by atoms with van der Waals surface area (Å²) < 4.78 is 44.6. The Labute approximate surface area is 200 Å². The number of likely N-dealkylation sites (tertiary alicyclic amines) is 1. The van der Waals surface area contributed by atoms with E-state index in [0.29, 0.717) is 29.8 Å². The summed E-state index contributed by atoms with van der Waals surface area (Å²) in [5.74, 6) is 1.18. The SMILES string of the molecule is COc1ccc(S(=O)(=O)N(CC(=O)N2CCC(C)CC2)c2cc(Cl)ccc2OC)cc1OC. The average molecular weight is 497 g/mol. The summed E-state index contributed by atoms with van der Waals surface area (Å²) in [6, 6.07) is 8.93. The van der Waals surface area contributed by atoms with Crippen LogP contribution < -0.4 is 18.5 Å². The van der Waals surface area contributed by atoms with Crippen LogP contribution in [0.25, 0.3) is 0 Å². The van der Waals surface area contributed by atoms with Crippen LogP contribution in [0.4, 0.5) is 5.69 Å². The predicted octanol–water partition coefficient (Wildman–Crippen LogP) is 3.82. The molecule has 0 unspecified atom stereocenters. The molecule has 1 heterocycles. The molecule has 1 aliphatic rings. The zero-order valence-electron chi connectivity index (χ0n) is 19.2. The summed E-state index contributed by atoms with van der Waals surface area (Å²) in [5, 5.41) is 0.317. The molecule has 1 fully saturated rings. The van der Waals surface area contributed by atoms with Crippen LogP contribution in [-0.4, -0.2) is 60.2 Å². The van der Waals surface area contributed by atoms with Crippen molar-refractivity contribution in [3.8, 4) is 17.2 Å². The van der Waals surface area contributed by atoms with Crippen LogP contribution in [-0.2, 0) is 14.8 Å². The first-order valence-electron chi connectivity index (χ1n) is 10.6. The Morgan fingerprint density at radius 2 is 1.61 bits per heavy atom. The van der Waals surface area contributed by atoms with Crippen LogP contribution >= 0.6 is 11.6 Å². The Morgan fingerprint density at radius 1 is 1.00 bits per heavy atom. The first-order valence-corrected chi connectivity index (χ1v) is 12.4. The molecule has 8 nitrogen and oxygen atoms in total. The van der Waals surface area contributed by atoms with E-state index >= 15 is 0 Å². The number of carbonyl (C=O) groups is 1. The minimum absolute atomic E-state index is 0.0535. The highest BCUT2D eigenvalue weighted by atomic mass is 35.5. The lowest BCUT2D eigenvalue weighted by Gasteiger charge is -2.33. The zero-order chi connectivity index (χ0) is 24.2. The molecule has 0 bridgehead atoms. The van der Waals surface area contributed by atoms with Crippen molar-refractivity contribution in [2.75, 3.05) is 45.3 Å². The Bertz CT molecular complexity index is 1100. The van der Waals surface area contributed by atoms with E-state index in [1.54, 1.807) is 17.0 Å². The highest BCUT2D eigenvalue weighted by Gasteiger charge is 2.32. The van der Waals surface area contributed by atoms with Crippen LogP contribution in [0, 0.1) is 5.92 Å². The van der Waals surface area contributed by atoms with Gasteiger partial charge >= 0.3 is 0 Å². The van der Waals surface area contributed by atoms with E-state index in [1.807, 2.05) is 0 Å². The number of methoxy groups -OCH3 is 3. The summed E-state index contributed by atoms with van der Waals surface area (Å²) in [7, 11) is 0.128. The van der Waals surface area contributed by atoms with E-state index in [4.69, 9.17) is 25.8 Å². The van der Waals surface area contributed by atoms with Gasteiger partial charge in [0.1, 0.15) is 12.3 Å². The second kappa shape index (κ2) is 10.5. The molecule has 0 radical (unpaired) electrons. The van der Waals surface area contributed by atoms with Gasteiger partial charge in [0.15, 0.2) is 11.5 Å². The van der Waals surface area contributed by atoms with Crippen LogP contribution in [0.15, 0.2) is 41.3 Å². The summed E-state index contributed by atoms with van der Waals surface area (Å²) in [6.07, 6.45) is 1.77. The molecule has 1 aliphatic heterocycles. The molecule has 0 spiro atoms. The third kappa shape index (κ3) is 5.47. The largest absolute Gasteiger partial charge is 0.495 e. The lowest BCUT2D eigenvalue weighted by atomic mass is 9.99. The smallest absolute Gasteiger partial charge is 0.265 e. The Hall–Kier alpha value is -2.65. The maximum absolute atomic E-state index is 13.8. The fourth-order valence-electron chi connectivity index (χ4n) is 3.74. The second-order valence-corrected chi connectivity index (χ2v) is 10.2. The van der Waals surface area contributed by atoms with Crippen LogP contribution in [0.1, 0.15) is 19.8 Å². The van der Waals surface area contributed by atoms with Crippen LogP contribution in [0.2, 0.25) is 5.02 Å². The van der Waals surface area contributed by atoms with E-state index in [2.05, 4.69) is 6.92 Å². The number of halogens is 1. The number of rotatable bonds is 8. The Balaban J connectivity index is 2.06. The monoisotopic (exact) mass is 496 g/mol. The van der Waals surface area contributed by atoms with E-state index < -0.39 is 10.0 Å². The number of hydrogen-bond acceptors (Lipinski definition) is 6. The molecule has 2 aromatic rings. The maximum Gasteiger partial charge on any atom is 0.265 e. The maximum atomic E-state index is 13.8. The van der Waals surface area contributed by atoms with Gasteiger partial charge in [0.2, 0.25) is 5.91 Å². The molecule has 0 saturated carbocycles. The van der Waals surface area contributed by atoms with Crippen molar-refractivity contribution in [2.24, 2.45) is 5.92 Å². The van der Waals surface area contributed by atoms with Crippen molar-refractivity contribution in [1.82, 2.24) is 4.90 Å². The zero-order valence-corrected chi connectivity index (χ0v) is 20.8. The van der Waals surface area contributed by atoms with Crippen molar-refractivity contribution < 1.29 is 27.4 Å². The van der Waals surface area contributed by atoms with Crippen LogP contribution in [0.3, 0.4) is 0 Å². The number of hydrogen-bond donors (Lipinski definition) is 0. The van der Waals surface area contributed by atoms with Gasteiger partial charge in [-0.1, -0.05) is 18.5 Å². The highest BCUT2D eigenvalue weighted by molar-refractivity contribution is 7.92. The quantitative estimate of drug-likeness (QED) is 0.552. The van der Waals surface area contributed by atoms with E-state index in [-0.39, 0.29) is 34.5 Å². The van der Waals surface area contributed by atoms with E-state index in [9.17, 15) is 13.2 Å². The standard InChI is InChI=1S/C23H29ClN2O6S/c1-16-9-11-25(12-10-16)23(27)15-26(19-13-17(24)5-7-20(19)30-2)33(28,29)18-6-8-21(31-3)22(14-18)32-4/h5-8,13-14,16H,9-12,15H2,1-4H3. The Morgan fingerprint density at radius 3 is 2.21 bits per heavy atom. The van der Waals surface area contributed by atoms with Gasteiger partial charge in [-0.05, 0) is 49.1 Å². The molecule has 3 rings (SSSR count). The summed E-state index contributed by atoms with van der Waals surface area (Å²) >= 11 is 6.19. The third-order valence-corrected chi connectivity index (χ3v) is 7.76. The molecule has 1 saturated heterocycles. The molecule has 0 N–H and O–H groups in total. The van der Waals surface area contributed by atoms with Gasteiger partial charge in [-0.25, -0.2) is 8.42 Å². The summed E-state index contributed by atoms with van der Waals surface area (Å²) in [6.45, 7) is 2.95. The molecule has 1 amide bonds. The van der Waals surface area contributed by atoms with E-state index in [0.717, 1.165) is 17.1 Å². The first kappa shape index (κ1) is 25.0. The fraction of sp³-hybridized carbons (Fsp3) is 0.435. The lowest BCUT2D eigenvalue weighted by Crippen LogP contribution is -2.45. The van der Waals surface area contributed by atoms with Crippen molar-refractivity contribution in [2.45, 2.75) is 24.7 Å². The molecule has 0 aromatic heterocycles. The van der Waals surface area contributed by atoms with Crippen molar-refractivity contribution in [3.63, 3.8) is 0 Å². The summed E-state index contributed by atoms with van der Waals surface area (Å²) in [4.78, 5) is 14.8. The Kier molecular flexibility index (Phi) is 7.97. The first-order chi connectivity index (χ1) is 15.7. The molecule has 0 atom stereocenters. The molecule has 180 valence electrons. The van der Waals surface area contributed by atoms with Gasteiger partial charge in [0.05, 0.1) is 31.9 Å². The number of sulfonamides is 1. The van der Waals surface area contributed by atoms with Gasteiger partial charge in [-0.2, -0.15) is 0 Å². The van der Waals surface area contributed by atoms with Gasteiger partial charge in [-0.3, -0.25) is 9.10 Å². The number of carbonyl (C=O) groups excluding carboxylic acids is 1. The highest BCUT2D eigenvalue weighted by Crippen LogP contribution is 2.37. The van der Waals surface area contributed by atoms with Crippen molar-refractivity contribution in [3.05, 3.63) is 41.4 Å². The number of ether oxygens (including phenoxy) is 3. The molecule has 10 heteroatoms. The summed E-state index contributed by atoms with van der Waals surface area (Å²) in [5.41, 5.74) is 0.179. The van der Waals surface area contributed by atoms with Gasteiger partial charge < -0.3 is 19.1 Å². The number of anilines is 1. The third-order valence-electron chi connectivity index (χ3n) is 5.77. The minimum atomic E-state index is -4.19. The number of piperidine rings is 1. The fourth-order valence-corrected chi connectivity index (χ4v) is 5.34. The van der Waals surface area contributed by atoms with Gasteiger partial charge in [0, 0.05) is 24.2 Å².